The first-order chi connectivity index (χ1) is 20.0. The van der Waals surface area contributed by atoms with Crippen LogP contribution in [0.5, 0.6) is 5.75 Å². The number of benzene rings is 1. The Balaban J connectivity index is 1.13. The van der Waals surface area contributed by atoms with Crippen molar-refractivity contribution in [2.75, 3.05) is 12.4 Å². The summed E-state index contributed by atoms with van der Waals surface area (Å²) >= 11 is 0. The number of amides is 1. The van der Waals surface area contributed by atoms with Crippen LogP contribution in [-0.4, -0.2) is 34.2 Å². The van der Waals surface area contributed by atoms with Gasteiger partial charge in [0.25, 0.3) is 0 Å². The van der Waals surface area contributed by atoms with Gasteiger partial charge in [-0.25, -0.2) is 9.97 Å². The number of nitriles is 1. The van der Waals surface area contributed by atoms with Gasteiger partial charge in [0.05, 0.1) is 13.2 Å². The Bertz CT molecular complexity index is 1420. The number of pyridine rings is 1. The highest BCUT2D eigenvalue weighted by Crippen LogP contribution is 2.47. The molecule has 0 radical (unpaired) electrons. The minimum atomic E-state index is -0.494. The second-order valence-electron chi connectivity index (χ2n) is 12.2. The number of rotatable bonds is 8. The van der Waals surface area contributed by atoms with Crippen LogP contribution in [-0.2, 0) is 4.79 Å². The number of carbonyl (C=O) groups excluding carboxylic acids is 1. The van der Waals surface area contributed by atoms with Crippen molar-refractivity contribution in [2.45, 2.75) is 88.6 Å². The molecule has 8 nitrogen and oxygen atoms in total. The summed E-state index contributed by atoms with van der Waals surface area (Å²) in [5.41, 5.74) is 3.27. The molecule has 0 unspecified atom stereocenters. The number of carbonyl (C=O) groups is 1. The predicted octanol–water partition coefficient (Wildman–Crippen LogP) is 6.72. The van der Waals surface area contributed by atoms with Gasteiger partial charge in [-0.1, -0.05) is 12.1 Å². The van der Waals surface area contributed by atoms with Gasteiger partial charge in [0.15, 0.2) is 17.3 Å². The fourth-order valence-electron chi connectivity index (χ4n) is 6.79. The summed E-state index contributed by atoms with van der Waals surface area (Å²) in [6.45, 7) is 0. The largest absolute Gasteiger partial charge is 0.494 e. The van der Waals surface area contributed by atoms with Crippen LogP contribution in [0.25, 0.3) is 11.3 Å². The molecule has 3 saturated carbocycles. The Labute approximate surface area is 241 Å². The fourth-order valence-corrected chi connectivity index (χ4v) is 6.79. The van der Waals surface area contributed by atoms with Gasteiger partial charge in [-0.3, -0.25) is 4.79 Å². The average molecular weight is 555 g/mol. The molecular formula is C33H38N4O4. The summed E-state index contributed by atoms with van der Waals surface area (Å²) in [6.07, 6.45) is 11.2. The molecule has 0 spiro atoms. The Morgan fingerprint density at radius 3 is 2.54 bits per heavy atom. The minimum Gasteiger partial charge on any atom is -0.494 e. The van der Waals surface area contributed by atoms with Gasteiger partial charge in [-0.05, 0) is 101 Å². The molecular weight excluding hydrogens is 516 g/mol. The first kappa shape index (κ1) is 27.5. The molecule has 41 heavy (non-hydrogen) atoms. The topological polar surface area (TPSA) is 121 Å². The van der Waals surface area contributed by atoms with Crippen molar-refractivity contribution in [1.82, 2.24) is 9.97 Å². The molecule has 0 aliphatic heterocycles. The smallest absolute Gasteiger partial charge is 0.230 e. The number of nitrogens with zero attached hydrogens (tertiary/aromatic N) is 3. The maximum absolute atomic E-state index is 14.0. The lowest BCUT2D eigenvalue weighted by molar-refractivity contribution is -0.130. The van der Waals surface area contributed by atoms with E-state index in [4.69, 9.17) is 9.15 Å². The third kappa shape index (κ3) is 6.01. The SMILES string of the molecule is COc1ccc(C2CCC(CC3(C(=O)Nc4cccc(-c5coc(C6CC6)n5)c4)CCC(O)CC3)CC2)nc1C#N. The maximum Gasteiger partial charge on any atom is 0.230 e. The molecule has 2 heterocycles. The zero-order chi connectivity index (χ0) is 28.4. The average Bonchev–Trinajstić information content (AvgIpc) is 3.74. The fraction of sp³-hybridized carbons (Fsp3) is 0.515. The van der Waals surface area contributed by atoms with Gasteiger partial charge >= 0.3 is 0 Å². The Hall–Kier alpha value is -3.70. The van der Waals surface area contributed by atoms with Crippen LogP contribution in [0, 0.1) is 22.7 Å². The van der Waals surface area contributed by atoms with Crippen molar-refractivity contribution in [1.29, 1.82) is 5.26 Å². The molecule has 0 bridgehead atoms. The molecule has 0 atom stereocenters. The number of aromatic nitrogens is 2. The zero-order valence-electron chi connectivity index (χ0n) is 23.6. The van der Waals surface area contributed by atoms with Crippen molar-refractivity contribution >= 4 is 11.6 Å². The highest BCUT2D eigenvalue weighted by atomic mass is 16.5. The predicted molar refractivity (Wildman–Crippen MR) is 154 cm³/mol. The van der Waals surface area contributed by atoms with E-state index < -0.39 is 5.41 Å². The van der Waals surface area contributed by atoms with Gasteiger partial charge in [0, 0.05) is 34.2 Å². The highest BCUT2D eigenvalue weighted by Gasteiger charge is 2.43. The van der Waals surface area contributed by atoms with Crippen molar-refractivity contribution in [2.24, 2.45) is 11.3 Å². The van der Waals surface area contributed by atoms with Crippen molar-refractivity contribution in [3.8, 4) is 23.1 Å². The van der Waals surface area contributed by atoms with Crippen LogP contribution < -0.4 is 10.1 Å². The number of methoxy groups -OCH3 is 1. The minimum absolute atomic E-state index is 0.0537. The maximum atomic E-state index is 14.0. The molecule has 8 heteroatoms. The van der Waals surface area contributed by atoms with Crippen LogP contribution in [0.15, 0.2) is 47.1 Å². The summed E-state index contributed by atoms with van der Waals surface area (Å²) in [5.74, 6) is 2.55. The molecule has 2 N–H and O–H groups in total. The third-order valence-electron chi connectivity index (χ3n) is 9.41. The number of ether oxygens (including phenoxy) is 1. The van der Waals surface area contributed by atoms with Crippen LogP contribution in [0.2, 0.25) is 0 Å². The second kappa shape index (κ2) is 11.7. The van der Waals surface area contributed by atoms with Crippen LogP contribution in [0.3, 0.4) is 0 Å². The zero-order valence-corrected chi connectivity index (χ0v) is 23.6. The Morgan fingerprint density at radius 2 is 1.83 bits per heavy atom. The van der Waals surface area contributed by atoms with Crippen molar-refractivity contribution in [3.63, 3.8) is 0 Å². The van der Waals surface area contributed by atoms with Crippen molar-refractivity contribution in [3.05, 3.63) is 59.9 Å². The van der Waals surface area contributed by atoms with E-state index in [2.05, 4.69) is 21.4 Å². The lowest BCUT2D eigenvalue weighted by atomic mass is 9.65. The van der Waals surface area contributed by atoms with E-state index in [1.54, 1.807) is 13.4 Å². The van der Waals surface area contributed by atoms with Gasteiger partial charge in [0.2, 0.25) is 5.91 Å². The van der Waals surface area contributed by atoms with Gasteiger partial charge in [-0.2, -0.15) is 5.26 Å². The lowest BCUT2D eigenvalue weighted by Crippen LogP contribution is -2.42. The molecule has 6 rings (SSSR count). The van der Waals surface area contributed by atoms with Crippen LogP contribution >= 0.6 is 0 Å². The van der Waals surface area contributed by atoms with E-state index in [0.717, 1.165) is 73.5 Å². The number of aliphatic hydroxyl groups is 1. The monoisotopic (exact) mass is 554 g/mol. The van der Waals surface area contributed by atoms with Gasteiger partial charge in [-0.15, -0.1) is 0 Å². The third-order valence-corrected chi connectivity index (χ3v) is 9.41. The van der Waals surface area contributed by atoms with E-state index in [-0.39, 0.29) is 12.0 Å². The molecule has 1 aromatic carbocycles. The molecule has 0 saturated heterocycles. The van der Waals surface area contributed by atoms with E-state index >= 15 is 0 Å². The summed E-state index contributed by atoms with van der Waals surface area (Å²) < 4.78 is 10.9. The van der Waals surface area contributed by atoms with E-state index in [9.17, 15) is 15.2 Å². The number of hydrogen-bond acceptors (Lipinski definition) is 7. The molecule has 3 aliphatic carbocycles. The lowest BCUT2D eigenvalue weighted by Gasteiger charge is -2.41. The van der Waals surface area contributed by atoms with Crippen LogP contribution in [0.1, 0.15) is 99.7 Å². The summed E-state index contributed by atoms with van der Waals surface area (Å²) in [7, 11) is 1.55. The molecule has 1 amide bonds. The standard InChI is InChI=1S/C33H38N4O4/c1-40-30-12-11-27(36-28(30)19-34)22-7-5-21(6-8-22)18-33(15-13-26(38)14-16-33)32(39)35-25-4-2-3-24(17-25)29-20-41-31(37-29)23-9-10-23/h2-4,11-12,17,20-23,26,38H,5-10,13-16,18H2,1H3,(H,35,39). The van der Waals surface area contributed by atoms with E-state index in [1.807, 2.05) is 36.4 Å². The number of oxazole rings is 1. The number of hydrogen-bond donors (Lipinski definition) is 2. The molecule has 3 fully saturated rings. The number of anilines is 1. The highest BCUT2D eigenvalue weighted by molar-refractivity contribution is 5.96. The molecule has 3 aromatic rings. The van der Waals surface area contributed by atoms with E-state index in [0.29, 0.717) is 54.9 Å². The summed E-state index contributed by atoms with van der Waals surface area (Å²) in [6, 6.07) is 13.8. The molecule has 2 aromatic heterocycles. The Kier molecular flexibility index (Phi) is 7.81. The van der Waals surface area contributed by atoms with Gasteiger partial charge < -0.3 is 19.6 Å². The van der Waals surface area contributed by atoms with Crippen molar-refractivity contribution < 1.29 is 19.1 Å². The molecule has 214 valence electrons. The summed E-state index contributed by atoms with van der Waals surface area (Å²) in [4.78, 5) is 23.2. The van der Waals surface area contributed by atoms with E-state index in [1.165, 1.54) is 0 Å². The van der Waals surface area contributed by atoms with Crippen LogP contribution in [0.4, 0.5) is 5.69 Å². The number of aliphatic hydroxyl groups excluding tert-OH is 1. The quantitative estimate of drug-likeness (QED) is 0.317. The summed E-state index contributed by atoms with van der Waals surface area (Å²) in [5, 5.41) is 23.0. The first-order valence-electron chi connectivity index (χ1n) is 15.0. The van der Waals surface area contributed by atoms with Gasteiger partial charge in [0.1, 0.15) is 18.0 Å². The second-order valence-corrected chi connectivity index (χ2v) is 12.2. The Morgan fingerprint density at radius 1 is 1.07 bits per heavy atom. The first-order valence-corrected chi connectivity index (χ1v) is 15.0. The normalized spacial score (nSPS) is 26.2. The number of nitrogens with one attached hydrogen (secondary N) is 1. The molecule has 3 aliphatic rings.